The molecule has 116 valence electrons. The Labute approximate surface area is 127 Å². The molecule has 21 heavy (non-hydrogen) atoms. The minimum absolute atomic E-state index is 0.199. The van der Waals surface area contributed by atoms with E-state index in [0.717, 1.165) is 24.7 Å². The summed E-state index contributed by atoms with van der Waals surface area (Å²) >= 11 is 0. The van der Waals surface area contributed by atoms with E-state index in [1.807, 2.05) is 0 Å². The van der Waals surface area contributed by atoms with Crippen LogP contribution < -0.4 is 11.5 Å². The van der Waals surface area contributed by atoms with Crippen molar-refractivity contribution in [2.45, 2.75) is 51.4 Å². The van der Waals surface area contributed by atoms with Gasteiger partial charge in [0, 0.05) is 0 Å². The second-order valence-electron chi connectivity index (χ2n) is 8.26. The molecule has 4 heteroatoms. The van der Waals surface area contributed by atoms with E-state index in [2.05, 4.69) is 0 Å². The van der Waals surface area contributed by atoms with Crippen molar-refractivity contribution in [3.8, 4) is 0 Å². The molecule has 0 aliphatic heterocycles. The summed E-state index contributed by atoms with van der Waals surface area (Å²) in [5, 5.41) is 16.8. The third kappa shape index (κ3) is 1.68. The molecule has 0 aromatic carbocycles. The molecular weight excluding hydrogens is 260 g/mol. The Balaban J connectivity index is 1.75. The largest absolute Gasteiger partial charge is 0.387 e. The summed E-state index contributed by atoms with van der Waals surface area (Å²) < 4.78 is 0. The molecule has 6 atom stereocenters. The second-order valence-corrected chi connectivity index (χ2v) is 8.26. The lowest BCUT2D eigenvalue weighted by molar-refractivity contribution is 0.121. The van der Waals surface area contributed by atoms with Crippen LogP contribution in [0.5, 0.6) is 0 Å². The van der Waals surface area contributed by atoms with Crippen molar-refractivity contribution in [3.05, 3.63) is 0 Å². The number of amidine groups is 2. The van der Waals surface area contributed by atoms with E-state index in [1.54, 1.807) is 0 Å². The fraction of sp³-hybridized carbons (Fsp3) is 0.882. The van der Waals surface area contributed by atoms with Gasteiger partial charge in [0.05, 0.1) is 5.41 Å². The summed E-state index contributed by atoms with van der Waals surface area (Å²) in [7, 11) is 0. The zero-order chi connectivity index (χ0) is 14.8. The Morgan fingerprint density at radius 3 is 1.38 bits per heavy atom. The van der Waals surface area contributed by atoms with E-state index in [9.17, 15) is 0 Å². The molecule has 0 aromatic rings. The molecular formula is C17H28N4. The van der Waals surface area contributed by atoms with Crippen molar-refractivity contribution < 1.29 is 0 Å². The summed E-state index contributed by atoms with van der Waals surface area (Å²) in [5.74, 6) is 4.05. The number of nitrogens with one attached hydrogen (secondary N) is 2. The zero-order valence-electron chi connectivity index (χ0n) is 12.8. The SMILES string of the molecule is N=C(N)C(C(=N)N)(C1CC2CCC1C2)C1CC2CCC1C2. The topological polar surface area (TPSA) is 99.7 Å². The summed E-state index contributed by atoms with van der Waals surface area (Å²) in [6.45, 7) is 0. The first-order chi connectivity index (χ1) is 10.0. The van der Waals surface area contributed by atoms with Crippen LogP contribution in [0, 0.1) is 51.7 Å². The standard InChI is InChI=1S/C17H28N4/c18-15(19)17(16(20)21,13-7-9-1-3-11(13)5-9)14-8-10-2-4-12(14)6-10/h9-14H,1-8H2,(H3,18,19)(H3,20,21). The van der Waals surface area contributed by atoms with E-state index in [0.29, 0.717) is 23.7 Å². The van der Waals surface area contributed by atoms with Gasteiger partial charge in [0.25, 0.3) is 0 Å². The molecule has 0 heterocycles. The molecule has 4 nitrogen and oxygen atoms in total. The maximum absolute atomic E-state index is 8.38. The molecule has 4 fully saturated rings. The molecule has 4 aliphatic rings. The number of hydrogen-bond acceptors (Lipinski definition) is 2. The summed E-state index contributed by atoms with van der Waals surface area (Å²) in [4.78, 5) is 0. The van der Waals surface area contributed by atoms with Crippen LogP contribution in [0.3, 0.4) is 0 Å². The first kappa shape index (κ1) is 13.6. The van der Waals surface area contributed by atoms with Gasteiger partial charge >= 0.3 is 0 Å². The van der Waals surface area contributed by atoms with Gasteiger partial charge in [-0.15, -0.1) is 0 Å². The van der Waals surface area contributed by atoms with Gasteiger partial charge in [-0.2, -0.15) is 0 Å². The van der Waals surface area contributed by atoms with Crippen molar-refractivity contribution in [2.75, 3.05) is 0 Å². The molecule has 0 saturated heterocycles. The second kappa shape index (κ2) is 4.47. The van der Waals surface area contributed by atoms with Gasteiger partial charge in [-0.1, -0.05) is 12.8 Å². The van der Waals surface area contributed by atoms with E-state index in [1.165, 1.54) is 38.5 Å². The molecule has 6 N–H and O–H groups in total. The van der Waals surface area contributed by atoms with Gasteiger partial charge in [-0.05, 0) is 74.0 Å². The lowest BCUT2D eigenvalue weighted by Crippen LogP contribution is -2.58. The highest BCUT2D eigenvalue weighted by molar-refractivity contribution is 6.07. The first-order valence-electron chi connectivity index (χ1n) is 8.72. The van der Waals surface area contributed by atoms with Crippen molar-refractivity contribution in [1.29, 1.82) is 10.8 Å². The molecule has 4 aliphatic carbocycles. The van der Waals surface area contributed by atoms with Gasteiger partial charge in [0.15, 0.2) is 0 Å². The average Bonchev–Trinajstić information content (AvgIpc) is 3.19. The van der Waals surface area contributed by atoms with Crippen LogP contribution in [0.2, 0.25) is 0 Å². The normalized spacial score (nSPS) is 46.7. The van der Waals surface area contributed by atoms with Crippen LogP contribution in [-0.4, -0.2) is 11.7 Å². The van der Waals surface area contributed by atoms with Crippen molar-refractivity contribution in [1.82, 2.24) is 0 Å². The van der Waals surface area contributed by atoms with Crippen molar-refractivity contribution in [3.63, 3.8) is 0 Å². The number of rotatable bonds is 4. The van der Waals surface area contributed by atoms with E-state index in [-0.39, 0.29) is 11.7 Å². The van der Waals surface area contributed by atoms with Gasteiger partial charge in [-0.3, -0.25) is 10.8 Å². The lowest BCUT2D eigenvalue weighted by atomic mass is 9.56. The van der Waals surface area contributed by atoms with E-state index >= 15 is 0 Å². The minimum atomic E-state index is -0.611. The Hall–Kier alpha value is -1.06. The quantitative estimate of drug-likeness (QED) is 0.472. The minimum Gasteiger partial charge on any atom is -0.387 e. The van der Waals surface area contributed by atoms with E-state index < -0.39 is 5.41 Å². The highest BCUT2D eigenvalue weighted by Crippen LogP contribution is 2.63. The fourth-order valence-electron chi connectivity index (χ4n) is 6.82. The molecule has 0 spiro atoms. The van der Waals surface area contributed by atoms with Gasteiger partial charge in [-0.25, -0.2) is 0 Å². The maximum atomic E-state index is 8.38. The molecule has 0 aromatic heterocycles. The van der Waals surface area contributed by atoms with Crippen LogP contribution in [-0.2, 0) is 0 Å². The Morgan fingerprint density at radius 1 is 0.714 bits per heavy atom. The number of fused-ring (bicyclic) bond motifs is 4. The molecule has 0 radical (unpaired) electrons. The average molecular weight is 288 g/mol. The maximum Gasteiger partial charge on any atom is 0.105 e. The molecule has 4 bridgehead atoms. The third-order valence-corrected chi connectivity index (χ3v) is 7.54. The smallest absolute Gasteiger partial charge is 0.105 e. The summed E-state index contributed by atoms with van der Waals surface area (Å²) in [6, 6.07) is 0. The van der Waals surface area contributed by atoms with Gasteiger partial charge < -0.3 is 11.5 Å². The Bertz CT molecular complexity index is 441. The predicted octanol–water partition coefficient (Wildman–Crippen LogP) is 2.72. The van der Waals surface area contributed by atoms with Crippen LogP contribution in [0.15, 0.2) is 0 Å². The highest BCUT2D eigenvalue weighted by Gasteiger charge is 2.61. The summed E-state index contributed by atoms with van der Waals surface area (Å²) in [5.41, 5.74) is 11.7. The number of nitrogens with two attached hydrogens (primary N) is 2. The zero-order valence-corrected chi connectivity index (χ0v) is 12.8. The van der Waals surface area contributed by atoms with E-state index in [4.69, 9.17) is 22.3 Å². The fourth-order valence-corrected chi connectivity index (χ4v) is 6.82. The van der Waals surface area contributed by atoms with Crippen LogP contribution >= 0.6 is 0 Å². The lowest BCUT2D eigenvalue weighted by Gasteiger charge is -2.48. The molecule has 0 amide bonds. The Morgan fingerprint density at radius 2 is 1.14 bits per heavy atom. The monoisotopic (exact) mass is 288 g/mol. The molecule has 4 rings (SSSR count). The van der Waals surface area contributed by atoms with Gasteiger partial charge in [0.2, 0.25) is 0 Å². The van der Waals surface area contributed by atoms with Crippen molar-refractivity contribution >= 4 is 11.7 Å². The molecule has 4 saturated carbocycles. The van der Waals surface area contributed by atoms with Crippen LogP contribution in [0.1, 0.15) is 51.4 Å². The molecule has 6 unspecified atom stereocenters. The summed E-state index contributed by atoms with van der Waals surface area (Å²) in [6.07, 6.45) is 10.1. The number of hydrogen-bond donors (Lipinski definition) is 4. The third-order valence-electron chi connectivity index (χ3n) is 7.54. The Kier molecular flexibility index (Phi) is 2.89. The van der Waals surface area contributed by atoms with Crippen molar-refractivity contribution in [2.24, 2.45) is 52.4 Å². The first-order valence-corrected chi connectivity index (χ1v) is 8.72. The van der Waals surface area contributed by atoms with Crippen LogP contribution in [0.25, 0.3) is 0 Å². The van der Waals surface area contributed by atoms with Gasteiger partial charge in [0.1, 0.15) is 11.7 Å². The predicted molar refractivity (Wildman–Crippen MR) is 84.1 cm³/mol. The van der Waals surface area contributed by atoms with Crippen LogP contribution in [0.4, 0.5) is 0 Å². The highest BCUT2D eigenvalue weighted by atomic mass is 14.9.